The Kier molecular flexibility index (Phi) is 4.51. The van der Waals surface area contributed by atoms with E-state index in [1.54, 1.807) is 19.9 Å². The smallest absolute Gasteiger partial charge is 0.154 e. The first kappa shape index (κ1) is 14.0. The summed E-state index contributed by atoms with van der Waals surface area (Å²) < 4.78 is 36.1. The molecule has 0 saturated carbocycles. The summed E-state index contributed by atoms with van der Waals surface area (Å²) in [5, 5.41) is 2.57. The van der Waals surface area contributed by atoms with Crippen LogP contribution < -0.4 is 5.32 Å². The van der Waals surface area contributed by atoms with Crippen molar-refractivity contribution in [3.05, 3.63) is 29.6 Å². The van der Waals surface area contributed by atoms with Crippen molar-refractivity contribution in [1.29, 1.82) is 0 Å². The van der Waals surface area contributed by atoms with E-state index in [0.717, 1.165) is 5.56 Å². The number of benzene rings is 1. The fourth-order valence-corrected chi connectivity index (χ4v) is 2.21. The molecule has 17 heavy (non-hydrogen) atoms. The summed E-state index contributed by atoms with van der Waals surface area (Å²) in [6.45, 7) is 5.45. The van der Waals surface area contributed by atoms with Gasteiger partial charge in [0.25, 0.3) is 0 Å². The average Bonchev–Trinajstić information content (AvgIpc) is 2.22. The third-order valence-corrected chi connectivity index (χ3v) is 4.83. The summed E-state index contributed by atoms with van der Waals surface area (Å²) in [7, 11) is -3.05. The second kappa shape index (κ2) is 5.49. The van der Waals surface area contributed by atoms with Crippen molar-refractivity contribution in [2.45, 2.75) is 26.0 Å². The number of nitrogens with one attached hydrogen (secondary N) is 1. The van der Waals surface area contributed by atoms with Gasteiger partial charge < -0.3 is 5.32 Å². The van der Waals surface area contributed by atoms with Gasteiger partial charge in [0.05, 0.1) is 11.0 Å². The Labute approximate surface area is 102 Å². The lowest BCUT2D eigenvalue weighted by molar-refractivity contribution is 0.588. The highest BCUT2D eigenvalue weighted by molar-refractivity contribution is 7.92. The van der Waals surface area contributed by atoms with Gasteiger partial charge in [0, 0.05) is 12.2 Å². The molecule has 0 radical (unpaired) electrons. The van der Waals surface area contributed by atoms with Gasteiger partial charge in [-0.1, -0.05) is 6.07 Å². The minimum atomic E-state index is -3.05. The molecule has 0 spiro atoms. The van der Waals surface area contributed by atoms with Crippen LogP contribution in [0.2, 0.25) is 0 Å². The lowest BCUT2D eigenvalue weighted by Crippen LogP contribution is -2.23. The van der Waals surface area contributed by atoms with Crippen LogP contribution in [0.4, 0.5) is 10.1 Å². The number of hydrogen-bond acceptors (Lipinski definition) is 3. The van der Waals surface area contributed by atoms with Gasteiger partial charge in [0.2, 0.25) is 0 Å². The van der Waals surface area contributed by atoms with Crippen LogP contribution in [-0.2, 0) is 9.84 Å². The molecule has 0 aliphatic carbocycles. The van der Waals surface area contributed by atoms with Crippen molar-refractivity contribution in [2.24, 2.45) is 0 Å². The van der Waals surface area contributed by atoms with Gasteiger partial charge in [0.1, 0.15) is 5.82 Å². The van der Waals surface area contributed by atoms with Gasteiger partial charge in [-0.15, -0.1) is 0 Å². The van der Waals surface area contributed by atoms with Gasteiger partial charge >= 0.3 is 0 Å². The topological polar surface area (TPSA) is 46.2 Å². The van der Waals surface area contributed by atoms with Crippen LogP contribution in [0.15, 0.2) is 18.2 Å². The highest BCUT2D eigenvalue weighted by Crippen LogP contribution is 2.15. The summed E-state index contributed by atoms with van der Waals surface area (Å²) >= 11 is 0. The van der Waals surface area contributed by atoms with Crippen molar-refractivity contribution < 1.29 is 12.8 Å². The van der Waals surface area contributed by atoms with Crippen LogP contribution in [0.5, 0.6) is 0 Å². The second-order valence-corrected chi connectivity index (χ2v) is 6.98. The normalized spacial score (nSPS) is 11.8. The number of aryl methyl sites for hydroxylation is 1. The van der Waals surface area contributed by atoms with Crippen LogP contribution in [0, 0.1) is 12.7 Å². The molecule has 96 valence electrons. The molecule has 1 aromatic carbocycles. The Morgan fingerprint density at radius 1 is 1.35 bits per heavy atom. The van der Waals surface area contributed by atoms with E-state index < -0.39 is 9.84 Å². The van der Waals surface area contributed by atoms with E-state index in [-0.39, 0.29) is 16.8 Å². The SMILES string of the molecule is Cc1ccc(F)cc1NCCS(=O)(=O)C(C)C. The zero-order valence-corrected chi connectivity index (χ0v) is 11.1. The Balaban J connectivity index is 2.60. The van der Waals surface area contributed by atoms with Crippen molar-refractivity contribution >= 4 is 15.5 Å². The largest absolute Gasteiger partial charge is 0.384 e. The molecule has 1 N–H and O–H groups in total. The van der Waals surface area contributed by atoms with Crippen LogP contribution in [0.3, 0.4) is 0 Å². The van der Waals surface area contributed by atoms with E-state index >= 15 is 0 Å². The zero-order chi connectivity index (χ0) is 13.1. The lowest BCUT2D eigenvalue weighted by Gasteiger charge is -2.11. The summed E-state index contributed by atoms with van der Waals surface area (Å²) in [6.07, 6.45) is 0. The minimum Gasteiger partial charge on any atom is -0.384 e. The first-order chi connectivity index (χ1) is 7.83. The molecule has 0 fully saturated rings. The van der Waals surface area contributed by atoms with Gasteiger partial charge in [0.15, 0.2) is 9.84 Å². The van der Waals surface area contributed by atoms with E-state index in [9.17, 15) is 12.8 Å². The molecule has 0 aromatic heterocycles. The molecule has 0 bridgehead atoms. The van der Waals surface area contributed by atoms with E-state index in [1.807, 2.05) is 6.92 Å². The molecular weight excluding hydrogens is 241 g/mol. The van der Waals surface area contributed by atoms with E-state index in [1.165, 1.54) is 12.1 Å². The number of rotatable bonds is 5. The number of halogens is 1. The van der Waals surface area contributed by atoms with Gasteiger partial charge in [-0.3, -0.25) is 0 Å². The maximum Gasteiger partial charge on any atom is 0.154 e. The van der Waals surface area contributed by atoms with Gasteiger partial charge in [-0.05, 0) is 38.5 Å². The molecule has 1 aromatic rings. The Morgan fingerprint density at radius 3 is 2.59 bits per heavy atom. The molecule has 0 amide bonds. The van der Waals surface area contributed by atoms with E-state index in [2.05, 4.69) is 5.32 Å². The van der Waals surface area contributed by atoms with Crippen LogP contribution in [-0.4, -0.2) is 26.0 Å². The van der Waals surface area contributed by atoms with Crippen LogP contribution in [0.1, 0.15) is 19.4 Å². The first-order valence-corrected chi connectivity index (χ1v) is 7.26. The number of sulfone groups is 1. The standard InChI is InChI=1S/C12H18FNO2S/c1-9(2)17(15,16)7-6-14-12-8-11(13)5-4-10(12)3/h4-5,8-9,14H,6-7H2,1-3H3. The second-order valence-electron chi connectivity index (χ2n) is 4.30. The zero-order valence-electron chi connectivity index (χ0n) is 10.3. The van der Waals surface area contributed by atoms with Crippen molar-refractivity contribution in [3.63, 3.8) is 0 Å². The third-order valence-electron chi connectivity index (χ3n) is 2.62. The Hall–Kier alpha value is -1.10. The average molecular weight is 259 g/mol. The summed E-state index contributed by atoms with van der Waals surface area (Å²) in [4.78, 5) is 0. The Morgan fingerprint density at radius 2 is 2.00 bits per heavy atom. The molecule has 0 saturated heterocycles. The quantitative estimate of drug-likeness (QED) is 0.883. The maximum absolute atomic E-state index is 13.0. The highest BCUT2D eigenvalue weighted by Gasteiger charge is 2.15. The highest BCUT2D eigenvalue weighted by atomic mass is 32.2. The first-order valence-electron chi connectivity index (χ1n) is 5.54. The van der Waals surface area contributed by atoms with Crippen LogP contribution in [0.25, 0.3) is 0 Å². The van der Waals surface area contributed by atoms with E-state index in [4.69, 9.17) is 0 Å². The third kappa shape index (κ3) is 4.00. The number of hydrogen-bond donors (Lipinski definition) is 1. The molecule has 0 heterocycles. The van der Waals surface area contributed by atoms with Crippen molar-refractivity contribution in [2.75, 3.05) is 17.6 Å². The fraction of sp³-hybridized carbons (Fsp3) is 0.500. The summed E-state index contributed by atoms with van der Waals surface area (Å²) in [6, 6.07) is 4.41. The molecule has 0 aliphatic rings. The predicted octanol–water partition coefficient (Wildman–Crippen LogP) is 2.37. The molecular formula is C12H18FNO2S. The van der Waals surface area contributed by atoms with Gasteiger partial charge in [-0.25, -0.2) is 12.8 Å². The molecule has 0 unspecified atom stereocenters. The fourth-order valence-electron chi connectivity index (χ4n) is 1.35. The molecule has 0 aliphatic heterocycles. The van der Waals surface area contributed by atoms with E-state index in [0.29, 0.717) is 12.2 Å². The van der Waals surface area contributed by atoms with Crippen molar-refractivity contribution in [1.82, 2.24) is 0 Å². The molecule has 5 heteroatoms. The summed E-state index contributed by atoms with van der Waals surface area (Å²) in [5.41, 5.74) is 1.54. The minimum absolute atomic E-state index is 0.0562. The van der Waals surface area contributed by atoms with Gasteiger partial charge in [-0.2, -0.15) is 0 Å². The monoisotopic (exact) mass is 259 g/mol. The molecule has 0 atom stereocenters. The number of anilines is 1. The van der Waals surface area contributed by atoms with Crippen molar-refractivity contribution in [3.8, 4) is 0 Å². The predicted molar refractivity (Wildman–Crippen MR) is 68.5 cm³/mol. The summed E-state index contributed by atoms with van der Waals surface area (Å²) in [5.74, 6) is -0.273. The Bertz CT molecular complexity index is 483. The lowest BCUT2D eigenvalue weighted by atomic mass is 10.2. The molecule has 3 nitrogen and oxygen atoms in total. The molecule has 1 rings (SSSR count). The van der Waals surface area contributed by atoms with Crippen LogP contribution >= 0.6 is 0 Å². The maximum atomic E-state index is 13.0.